The van der Waals surface area contributed by atoms with Crippen LogP contribution in [0.3, 0.4) is 0 Å². The molecule has 8 heteroatoms. The summed E-state index contributed by atoms with van der Waals surface area (Å²) >= 11 is 0. The number of hydrogen-bond donors (Lipinski definition) is 1. The van der Waals surface area contributed by atoms with E-state index in [4.69, 9.17) is 9.47 Å². The monoisotopic (exact) mass is 413 g/mol. The average molecular weight is 413 g/mol. The van der Waals surface area contributed by atoms with Gasteiger partial charge in [-0.25, -0.2) is 9.18 Å². The van der Waals surface area contributed by atoms with Crippen molar-refractivity contribution in [2.75, 3.05) is 25.6 Å². The molecule has 0 unspecified atom stereocenters. The number of halogens is 1. The Balaban J connectivity index is 2.04. The van der Waals surface area contributed by atoms with E-state index in [1.807, 2.05) is 24.5 Å². The third-order valence-corrected chi connectivity index (χ3v) is 4.51. The SMILES string of the molecule is COCCn1c(C)cc(/C=C(\C#N)C(=O)OCC(=O)Nc2ccc(C)cc2F)c1C. The summed E-state index contributed by atoms with van der Waals surface area (Å²) in [6, 6.07) is 7.99. The summed E-state index contributed by atoms with van der Waals surface area (Å²) < 4.78 is 25.8. The summed E-state index contributed by atoms with van der Waals surface area (Å²) in [6.07, 6.45) is 1.42. The van der Waals surface area contributed by atoms with Gasteiger partial charge >= 0.3 is 5.97 Å². The molecule has 1 aromatic carbocycles. The van der Waals surface area contributed by atoms with Gasteiger partial charge in [0.1, 0.15) is 17.5 Å². The molecule has 30 heavy (non-hydrogen) atoms. The fourth-order valence-corrected chi connectivity index (χ4v) is 2.91. The molecule has 1 N–H and O–H groups in total. The minimum Gasteiger partial charge on any atom is -0.451 e. The van der Waals surface area contributed by atoms with Gasteiger partial charge in [-0.1, -0.05) is 6.07 Å². The Hall–Kier alpha value is -3.44. The summed E-state index contributed by atoms with van der Waals surface area (Å²) in [6.45, 7) is 6.05. The van der Waals surface area contributed by atoms with Gasteiger partial charge in [-0.2, -0.15) is 5.26 Å². The van der Waals surface area contributed by atoms with Crippen LogP contribution in [0, 0.1) is 37.9 Å². The third-order valence-electron chi connectivity index (χ3n) is 4.51. The van der Waals surface area contributed by atoms with E-state index >= 15 is 0 Å². The van der Waals surface area contributed by atoms with Crippen molar-refractivity contribution in [3.8, 4) is 6.07 Å². The molecule has 0 saturated carbocycles. The van der Waals surface area contributed by atoms with Gasteiger partial charge in [0.15, 0.2) is 6.61 Å². The molecule has 7 nitrogen and oxygen atoms in total. The van der Waals surface area contributed by atoms with Crippen molar-refractivity contribution >= 4 is 23.6 Å². The van der Waals surface area contributed by atoms with Crippen LogP contribution in [0.2, 0.25) is 0 Å². The number of hydrogen-bond acceptors (Lipinski definition) is 5. The molecule has 0 saturated heterocycles. The highest BCUT2D eigenvalue weighted by atomic mass is 19.1. The Labute approximate surface area is 174 Å². The van der Waals surface area contributed by atoms with Crippen molar-refractivity contribution in [3.63, 3.8) is 0 Å². The lowest BCUT2D eigenvalue weighted by Gasteiger charge is -2.08. The van der Waals surface area contributed by atoms with Crippen LogP contribution in [0.5, 0.6) is 0 Å². The first-order valence-electron chi connectivity index (χ1n) is 9.27. The first kappa shape index (κ1) is 22.8. The molecule has 0 radical (unpaired) electrons. The molecule has 2 rings (SSSR count). The van der Waals surface area contributed by atoms with Gasteiger partial charge < -0.3 is 19.4 Å². The molecular weight excluding hydrogens is 389 g/mol. The zero-order valence-corrected chi connectivity index (χ0v) is 17.4. The topological polar surface area (TPSA) is 93.3 Å². The molecule has 2 aromatic rings. The number of nitriles is 1. The lowest BCUT2D eigenvalue weighted by Crippen LogP contribution is -2.22. The van der Waals surface area contributed by atoms with Crippen molar-refractivity contribution in [2.45, 2.75) is 27.3 Å². The Bertz CT molecular complexity index is 1020. The van der Waals surface area contributed by atoms with Gasteiger partial charge in [-0.05, 0) is 56.2 Å². The molecular formula is C22H24FN3O4. The first-order valence-corrected chi connectivity index (χ1v) is 9.27. The van der Waals surface area contributed by atoms with E-state index in [-0.39, 0.29) is 11.3 Å². The highest BCUT2D eigenvalue weighted by Gasteiger charge is 2.16. The van der Waals surface area contributed by atoms with Gasteiger partial charge in [0.2, 0.25) is 0 Å². The average Bonchev–Trinajstić information content (AvgIpc) is 2.97. The third kappa shape index (κ3) is 5.78. The molecule has 0 aliphatic carbocycles. The Kier molecular flexibility index (Phi) is 7.90. The summed E-state index contributed by atoms with van der Waals surface area (Å²) in [4.78, 5) is 24.2. The molecule has 1 aromatic heterocycles. The lowest BCUT2D eigenvalue weighted by molar-refractivity contribution is -0.142. The van der Waals surface area contributed by atoms with Crippen molar-refractivity contribution in [1.29, 1.82) is 5.26 Å². The molecule has 158 valence electrons. The number of benzene rings is 1. The second kappa shape index (κ2) is 10.4. The predicted octanol–water partition coefficient (Wildman–Crippen LogP) is 3.29. The number of ether oxygens (including phenoxy) is 2. The van der Waals surface area contributed by atoms with Gasteiger partial charge in [-0.15, -0.1) is 0 Å². The summed E-state index contributed by atoms with van der Waals surface area (Å²) in [5.74, 6) is -2.23. The van der Waals surface area contributed by atoms with Gasteiger partial charge in [0.05, 0.1) is 12.3 Å². The Morgan fingerprint density at radius 1 is 1.27 bits per heavy atom. The van der Waals surface area contributed by atoms with E-state index in [0.29, 0.717) is 24.3 Å². The largest absolute Gasteiger partial charge is 0.451 e. The molecule has 1 heterocycles. The highest BCUT2D eigenvalue weighted by molar-refractivity contribution is 6.00. The van der Waals surface area contributed by atoms with Gasteiger partial charge in [0, 0.05) is 25.0 Å². The molecule has 0 bridgehead atoms. The van der Waals surface area contributed by atoms with Crippen LogP contribution in [-0.4, -0.2) is 36.8 Å². The maximum absolute atomic E-state index is 13.8. The van der Waals surface area contributed by atoms with E-state index in [2.05, 4.69) is 5.32 Å². The summed E-state index contributed by atoms with van der Waals surface area (Å²) in [5.41, 5.74) is 2.99. The Morgan fingerprint density at radius 2 is 2.00 bits per heavy atom. The van der Waals surface area contributed by atoms with Crippen molar-refractivity contribution < 1.29 is 23.5 Å². The summed E-state index contributed by atoms with van der Waals surface area (Å²) in [5, 5.41) is 11.7. The van der Waals surface area contributed by atoms with Crippen LogP contribution < -0.4 is 5.32 Å². The number of rotatable bonds is 8. The van der Waals surface area contributed by atoms with Crippen LogP contribution >= 0.6 is 0 Å². The van der Waals surface area contributed by atoms with Crippen molar-refractivity contribution in [3.05, 3.63) is 58.2 Å². The second-order valence-corrected chi connectivity index (χ2v) is 6.75. The lowest BCUT2D eigenvalue weighted by atomic mass is 10.1. The number of amides is 1. The minimum atomic E-state index is -0.932. The Morgan fingerprint density at radius 3 is 2.63 bits per heavy atom. The number of aryl methyl sites for hydroxylation is 2. The second-order valence-electron chi connectivity index (χ2n) is 6.75. The minimum absolute atomic E-state index is 0.0128. The van der Waals surface area contributed by atoms with Crippen LogP contribution in [-0.2, 0) is 25.6 Å². The van der Waals surface area contributed by atoms with Crippen LogP contribution in [0.15, 0.2) is 29.8 Å². The van der Waals surface area contributed by atoms with E-state index < -0.39 is 24.3 Å². The van der Waals surface area contributed by atoms with E-state index in [0.717, 1.165) is 11.4 Å². The fourth-order valence-electron chi connectivity index (χ4n) is 2.91. The smallest absolute Gasteiger partial charge is 0.349 e. The summed E-state index contributed by atoms with van der Waals surface area (Å²) in [7, 11) is 1.61. The van der Waals surface area contributed by atoms with E-state index in [1.54, 1.807) is 26.2 Å². The van der Waals surface area contributed by atoms with Crippen molar-refractivity contribution in [2.24, 2.45) is 0 Å². The standard InChI is InChI=1S/C22H24FN3O4/c1-14-5-6-20(19(23)9-14)25-21(27)13-30-22(28)18(12-24)11-17-10-15(2)26(16(17)3)7-8-29-4/h5-6,9-11H,7-8,13H2,1-4H3,(H,25,27)/b18-11+. The fraction of sp³-hybridized carbons (Fsp3) is 0.318. The molecule has 0 fully saturated rings. The number of esters is 1. The highest BCUT2D eigenvalue weighted by Crippen LogP contribution is 2.19. The maximum atomic E-state index is 13.8. The molecule has 1 amide bonds. The van der Waals surface area contributed by atoms with Crippen LogP contribution in [0.1, 0.15) is 22.5 Å². The normalized spacial score (nSPS) is 11.1. The van der Waals surface area contributed by atoms with E-state index in [9.17, 15) is 19.2 Å². The number of nitrogens with one attached hydrogen (secondary N) is 1. The number of aromatic nitrogens is 1. The number of anilines is 1. The zero-order chi connectivity index (χ0) is 22.3. The van der Waals surface area contributed by atoms with Gasteiger partial charge in [0.25, 0.3) is 5.91 Å². The number of carbonyl (C=O) groups excluding carboxylic acids is 2. The van der Waals surface area contributed by atoms with Crippen LogP contribution in [0.25, 0.3) is 6.08 Å². The van der Waals surface area contributed by atoms with E-state index in [1.165, 1.54) is 18.2 Å². The number of carbonyl (C=O) groups is 2. The number of nitrogens with zero attached hydrogens (tertiary/aromatic N) is 2. The maximum Gasteiger partial charge on any atom is 0.349 e. The zero-order valence-electron chi connectivity index (χ0n) is 17.4. The van der Waals surface area contributed by atoms with Crippen LogP contribution in [0.4, 0.5) is 10.1 Å². The first-order chi connectivity index (χ1) is 14.3. The van der Waals surface area contributed by atoms with Crippen molar-refractivity contribution in [1.82, 2.24) is 4.57 Å². The quantitative estimate of drug-likeness (QED) is 0.407. The molecule has 0 spiro atoms. The number of methoxy groups -OCH3 is 1. The predicted molar refractivity (Wildman–Crippen MR) is 110 cm³/mol. The van der Waals surface area contributed by atoms with Gasteiger partial charge in [-0.3, -0.25) is 4.79 Å². The molecule has 0 aliphatic heterocycles. The molecule has 0 aliphatic rings. The molecule has 0 atom stereocenters.